The monoisotopic (exact) mass is 471 g/mol. The minimum atomic E-state index is -0.658. The third kappa shape index (κ3) is 5.09. The van der Waals surface area contributed by atoms with Crippen molar-refractivity contribution in [3.05, 3.63) is 71.5 Å². The number of methoxy groups -OCH3 is 2. The Hall–Kier alpha value is -3.33. The van der Waals surface area contributed by atoms with Crippen molar-refractivity contribution in [2.45, 2.75) is 26.4 Å². The van der Waals surface area contributed by atoms with E-state index in [1.54, 1.807) is 20.2 Å². The molecule has 2 aromatic rings. The molecule has 3 atom stereocenters. The summed E-state index contributed by atoms with van der Waals surface area (Å²) in [4.78, 5) is 21.7. The molecule has 1 amide bonds. The molecular formula is C25H27F2N3O4. The first-order chi connectivity index (χ1) is 16.3. The van der Waals surface area contributed by atoms with Crippen LogP contribution in [0.3, 0.4) is 0 Å². The second-order valence-corrected chi connectivity index (χ2v) is 8.61. The molecule has 0 aliphatic heterocycles. The number of nitrogens with one attached hydrogen (secondary N) is 1. The molecule has 180 valence electrons. The molecule has 1 heterocycles. The number of hydrogen-bond acceptors (Lipinski definition) is 6. The fourth-order valence-electron chi connectivity index (χ4n) is 4.42. The number of carbonyl (C=O) groups is 1. The number of rotatable bonds is 9. The Morgan fingerprint density at radius 3 is 2.71 bits per heavy atom. The molecule has 1 saturated carbocycles. The molecule has 4 rings (SSSR count). The summed E-state index contributed by atoms with van der Waals surface area (Å²) in [5.74, 6) is -0.212. The molecule has 7 nitrogen and oxygen atoms in total. The Balaban J connectivity index is 1.57. The maximum atomic E-state index is 14.4. The van der Waals surface area contributed by atoms with Crippen LogP contribution in [0.15, 0.2) is 54.2 Å². The molecule has 2 aliphatic rings. The van der Waals surface area contributed by atoms with Gasteiger partial charge in [0.25, 0.3) is 0 Å². The Morgan fingerprint density at radius 2 is 2.00 bits per heavy atom. The highest BCUT2D eigenvalue weighted by molar-refractivity contribution is 5.95. The van der Waals surface area contributed by atoms with E-state index in [4.69, 9.17) is 14.2 Å². The molecule has 1 aromatic heterocycles. The maximum absolute atomic E-state index is 14.4. The van der Waals surface area contributed by atoms with Crippen LogP contribution in [-0.2, 0) is 20.9 Å². The van der Waals surface area contributed by atoms with Gasteiger partial charge in [-0.25, -0.2) is 18.7 Å². The highest BCUT2D eigenvalue weighted by Gasteiger charge is 2.63. The SMILES string of the molecule is COCc1nc(C)ncc1OC[C@@]1(C2C=C(OC)C=C(F)C2)C[C@H]1C(=O)Nc1ccc(F)cc1. The quantitative estimate of drug-likeness (QED) is 0.580. The van der Waals surface area contributed by atoms with Gasteiger partial charge in [-0.05, 0) is 49.6 Å². The predicted octanol–water partition coefficient (Wildman–Crippen LogP) is 4.50. The van der Waals surface area contributed by atoms with E-state index in [1.165, 1.54) is 37.5 Å². The molecule has 2 aliphatic carbocycles. The van der Waals surface area contributed by atoms with Gasteiger partial charge in [-0.2, -0.15) is 0 Å². The first kappa shape index (κ1) is 23.8. The fourth-order valence-corrected chi connectivity index (χ4v) is 4.42. The van der Waals surface area contributed by atoms with Gasteiger partial charge in [0, 0.05) is 36.6 Å². The zero-order valence-corrected chi connectivity index (χ0v) is 19.3. The van der Waals surface area contributed by atoms with Crippen LogP contribution in [0.1, 0.15) is 24.4 Å². The number of hydrogen-bond donors (Lipinski definition) is 1. The van der Waals surface area contributed by atoms with Crippen LogP contribution >= 0.6 is 0 Å². The lowest BCUT2D eigenvalue weighted by Crippen LogP contribution is -2.30. The highest BCUT2D eigenvalue weighted by Crippen LogP contribution is 2.61. The van der Waals surface area contributed by atoms with E-state index in [0.29, 0.717) is 35.1 Å². The average molecular weight is 472 g/mol. The minimum absolute atomic E-state index is 0.145. The number of anilines is 1. The van der Waals surface area contributed by atoms with E-state index in [9.17, 15) is 13.6 Å². The summed E-state index contributed by atoms with van der Waals surface area (Å²) in [5.41, 5.74) is 0.431. The average Bonchev–Trinajstić information content (AvgIpc) is 3.56. The zero-order chi connectivity index (χ0) is 24.3. The van der Waals surface area contributed by atoms with Crippen LogP contribution in [0.2, 0.25) is 0 Å². The molecule has 1 fully saturated rings. The number of ether oxygens (including phenoxy) is 3. The standard InChI is InChI=1S/C25H27F2N3O4/c1-15-28-12-23(22(29-15)13-32-2)34-14-25(16-8-18(27)10-20(9-16)33-3)11-21(25)24(31)30-19-6-4-17(26)5-7-19/h4-7,9-10,12,16,21H,8,11,13-14H2,1-3H3,(H,30,31)/t16?,21-,25+/m0/s1. The molecule has 0 bridgehead atoms. The molecule has 1 unspecified atom stereocenters. The van der Waals surface area contributed by atoms with Crippen molar-refractivity contribution in [1.29, 1.82) is 0 Å². The van der Waals surface area contributed by atoms with Gasteiger partial charge < -0.3 is 19.5 Å². The van der Waals surface area contributed by atoms with Gasteiger partial charge >= 0.3 is 0 Å². The van der Waals surface area contributed by atoms with Crippen LogP contribution in [0.5, 0.6) is 5.75 Å². The van der Waals surface area contributed by atoms with Crippen LogP contribution in [0, 0.1) is 30.0 Å². The highest BCUT2D eigenvalue weighted by atomic mass is 19.1. The smallest absolute Gasteiger partial charge is 0.228 e. The molecule has 1 aromatic carbocycles. The second kappa shape index (κ2) is 9.89. The lowest BCUT2D eigenvalue weighted by atomic mass is 9.81. The molecule has 0 radical (unpaired) electrons. The Kier molecular flexibility index (Phi) is 6.92. The van der Waals surface area contributed by atoms with Gasteiger partial charge in [0.2, 0.25) is 5.91 Å². The summed E-state index contributed by atoms with van der Waals surface area (Å²) < 4.78 is 44.3. The van der Waals surface area contributed by atoms with Crippen molar-refractivity contribution in [2.75, 3.05) is 26.1 Å². The third-order valence-corrected chi connectivity index (χ3v) is 6.33. The van der Waals surface area contributed by atoms with Gasteiger partial charge in [0.05, 0.1) is 26.5 Å². The summed E-state index contributed by atoms with van der Waals surface area (Å²) in [7, 11) is 3.04. The van der Waals surface area contributed by atoms with Gasteiger partial charge in [-0.15, -0.1) is 0 Å². The third-order valence-electron chi connectivity index (χ3n) is 6.33. The number of nitrogens with zero attached hydrogens (tertiary/aromatic N) is 2. The normalized spacial score (nSPS) is 23.6. The maximum Gasteiger partial charge on any atom is 0.228 e. The molecule has 1 N–H and O–H groups in total. The molecular weight excluding hydrogens is 444 g/mol. The van der Waals surface area contributed by atoms with Crippen LogP contribution in [-0.4, -0.2) is 36.7 Å². The lowest BCUT2D eigenvalue weighted by Gasteiger charge is -2.28. The summed E-state index contributed by atoms with van der Waals surface area (Å²) in [5, 5.41) is 2.83. The van der Waals surface area contributed by atoms with Crippen LogP contribution in [0.25, 0.3) is 0 Å². The molecule has 0 saturated heterocycles. The summed E-state index contributed by atoms with van der Waals surface area (Å²) in [6, 6.07) is 5.56. The van der Waals surface area contributed by atoms with Crippen molar-refractivity contribution < 1.29 is 27.8 Å². The topological polar surface area (TPSA) is 82.6 Å². The number of benzene rings is 1. The minimum Gasteiger partial charge on any atom is -0.497 e. The second-order valence-electron chi connectivity index (χ2n) is 8.61. The Morgan fingerprint density at radius 1 is 1.24 bits per heavy atom. The number of allylic oxidation sites excluding steroid dienone is 3. The van der Waals surface area contributed by atoms with E-state index in [1.807, 2.05) is 6.08 Å². The predicted molar refractivity (Wildman–Crippen MR) is 121 cm³/mol. The largest absolute Gasteiger partial charge is 0.497 e. The number of aromatic nitrogens is 2. The number of aryl methyl sites for hydroxylation is 1. The summed E-state index contributed by atoms with van der Waals surface area (Å²) >= 11 is 0. The van der Waals surface area contributed by atoms with E-state index in [2.05, 4.69) is 15.3 Å². The van der Waals surface area contributed by atoms with E-state index in [-0.39, 0.29) is 43.1 Å². The van der Waals surface area contributed by atoms with Crippen LogP contribution in [0.4, 0.5) is 14.5 Å². The molecule has 34 heavy (non-hydrogen) atoms. The van der Waals surface area contributed by atoms with Crippen molar-refractivity contribution >= 4 is 11.6 Å². The van der Waals surface area contributed by atoms with Crippen molar-refractivity contribution in [1.82, 2.24) is 9.97 Å². The van der Waals surface area contributed by atoms with Gasteiger partial charge in [-0.1, -0.05) is 0 Å². The molecule has 9 heteroatoms. The van der Waals surface area contributed by atoms with Crippen molar-refractivity contribution in [3.63, 3.8) is 0 Å². The van der Waals surface area contributed by atoms with E-state index in [0.717, 1.165) is 0 Å². The van der Waals surface area contributed by atoms with E-state index >= 15 is 0 Å². The van der Waals surface area contributed by atoms with Crippen molar-refractivity contribution in [3.8, 4) is 5.75 Å². The van der Waals surface area contributed by atoms with Crippen LogP contribution < -0.4 is 10.1 Å². The van der Waals surface area contributed by atoms with Crippen molar-refractivity contribution in [2.24, 2.45) is 17.3 Å². The fraction of sp³-hybridized carbons (Fsp3) is 0.400. The number of carbonyl (C=O) groups excluding carboxylic acids is 1. The number of halogens is 2. The Labute approximate surface area is 196 Å². The summed E-state index contributed by atoms with van der Waals surface area (Å²) in [6.07, 6.45) is 5.42. The molecule has 0 spiro atoms. The Bertz CT molecular complexity index is 1120. The number of amides is 1. The zero-order valence-electron chi connectivity index (χ0n) is 19.3. The first-order valence-electron chi connectivity index (χ1n) is 11.0. The first-order valence-corrected chi connectivity index (χ1v) is 11.0. The van der Waals surface area contributed by atoms with Gasteiger partial charge in [0.15, 0.2) is 5.75 Å². The van der Waals surface area contributed by atoms with Gasteiger partial charge in [0.1, 0.15) is 28.9 Å². The lowest BCUT2D eigenvalue weighted by molar-refractivity contribution is -0.118. The van der Waals surface area contributed by atoms with Gasteiger partial charge in [-0.3, -0.25) is 4.79 Å². The van der Waals surface area contributed by atoms with E-state index < -0.39 is 11.3 Å². The summed E-state index contributed by atoms with van der Waals surface area (Å²) in [6.45, 7) is 2.17.